The summed E-state index contributed by atoms with van der Waals surface area (Å²) in [5.41, 5.74) is 16.9. The third-order valence-electron chi connectivity index (χ3n) is 12.6. The summed E-state index contributed by atoms with van der Waals surface area (Å²) < 4.78 is 0. The number of fused-ring (bicyclic) bond motifs is 5. The quantitative estimate of drug-likeness (QED) is 0.152. The first-order valence-electron chi connectivity index (χ1n) is 21.2. The van der Waals surface area contributed by atoms with Gasteiger partial charge in [0.15, 0.2) is 0 Å². The lowest BCUT2D eigenvalue weighted by Crippen LogP contribution is -2.16. The van der Waals surface area contributed by atoms with Crippen LogP contribution in [0.5, 0.6) is 0 Å². The molecule has 2 nitrogen and oxygen atoms in total. The number of hydrogen-bond donors (Lipinski definition) is 0. The second kappa shape index (κ2) is 14.9. The van der Waals surface area contributed by atoms with Crippen molar-refractivity contribution in [2.24, 2.45) is 0 Å². The minimum atomic E-state index is -0.0864. The second-order valence-electron chi connectivity index (χ2n) is 16.6. The Hall–Kier alpha value is -7.68. The molecule has 0 saturated heterocycles. The van der Waals surface area contributed by atoms with Crippen LogP contribution in [0, 0.1) is 0 Å². The van der Waals surface area contributed by atoms with Gasteiger partial charge in [0, 0.05) is 39.2 Å². The second-order valence-corrected chi connectivity index (χ2v) is 16.6. The molecule has 0 fully saturated rings. The Kier molecular flexibility index (Phi) is 8.86. The van der Waals surface area contributed by atoms with Crippen LogP contribution >= 0.6 is 0 Å². The molecule has 2 heteroatoms. The summed E-state index contributed by atoms with van der Waals surface area (Å²) in [6.45, 7) is 4.70. The molecule has 0 heterocycles. The van der Waals surface area contributed by atoms with Crippen molar-refractivity contribution < 1.29 is 0 Å². The van der Waals surface area contributed by atoms with Crippen molar-refractivity contribution in [3.05, 3.63) is 242 Å². The van der Waals surface area contributed by atoms with Gasteiger partial charge in [-0.25, -0.2) is 0 Å². The van der Waals surface area contributed by atoms with Crippen LogP contribution in [0.3, 0.4) is 0 Å². The fraction of sp³-hybridized carbons (Fsp3) is 0.0508. The number of rotatable bonds is 8. The molecular weight excluding hydrogens is 737 g/mol. The van der Waals surface area contributed by atoms with Gasteiger partial charge in [0.05, 0.1) is 5.69 Å². The lowest BCUT2D eigenvalue weighted by molar-refractivity contribution is 0.660. The van der Waals surface area contributed by atoms with E-state index in [2.05, 4.69) is 254 Å². The van der Waals surface area contributed by atoms with Crippen LogP contribution in [0.2, 0.25) is 0 Å². The van der Waals surface area contributed by atoms with Crippen LogP contribution in [0.25, 0.3) is 54.9 Å². The smallest absolute Gasteiger partial charge is 0.0540 e. The Morgan fingerprint density at radius 3 is 1.57 bits per heavy atom. The van der Waals surface area contributed by atoms with Gasteiger partial charge in [-0.2, -0.15) is 0 Å². The first-order chi connectivity index (χ1) is 30.0. The van der Waals surface area contributed by atoms with Gasteiger partial charge in [0.1, 0.15) is 0 Å². The first kappa shape index (κ1) is 36.4. The minimum Gasteiger partial charge on any atom is -0.310 e. The molecule has 61 heavy (non-hydrogen) atoms. The molecule has 10 aromatic rings. The predicted molar refractivity (Wildman–Crippen MR) is 259 cm³/mol. The predicted octanol–water partition coefficient (Wildman–Crippen LogP) is 16.6. The normalized spacial score (nSPS) is 12.6. The lowest BCUT2D eigenvalue weighted by atomic mass is 9.82. The van der Waals surface area contributed by atoms with E-state index in [0.29, 0.717) is 0 Å². The molecule has 0 N–H and O–H groups in total. The summed E-state index contributed by atoms with van der Waals surface area (Å²) in [5.74, 6) is 0. The van der Waals surface area contributed by atoms with E-state index in [1.807, 2.05) is 0 Å². The van der Waals surface area contributed by atoms with Crippen LogP contribution in [0.4, 0.5) is 34.1 Å². The summed E-state index contributed by atoms with van der Waals surface area (Å²) in [4.78, 5) is 4.79. The van der Waals surface area contributed by atoms with Crippen molar-refractivity contribution in [3.8, 4) is 33.4 Å². The molecule has 0 unspecified atom stereocenters. The summed E-state index contributed by atoms with van der Waals surface area (Å²) in [6.07, 6.45) is 0. The topological polar surface area (TPSA) is 6.48 Å². The van der Waals surface area contributed by atoms with Gasteiger partial charge in [0.2, 0.25) is 0 Å². The third kappa shape index (κ3) is 6.36. The first-order valence-corrected chi connectivity index (χ1v) is 21.2. The molecule has 0 spiro atoms. The fourth-order valence-corrected chi connectivity index (χ4v) is 9.55. The van der Waals surface area contributed by atoms with E-state index >= 15 is 0 Å². The van der Waals surface area contributed by atoms with E-state index in [9.17, 15) is 0 Å². The van der Waals surface area contributed by atoms with Crippen molar-refractivity contribution in [1.82, 2.24) is 0 Å². The summed E-state index contributed by atoms with van der Waals surface area (Å²) in [6, 6.07) is 84.1. The van der Waals surface area contributed by atoms with Crippen LogP contribution < -0.4 is 9.80 Å². The SMILES string of the molecule is CC1(C)c2ccccc2-c2ccc(N(c3ccccc3)c3ccc(-c4ccc(N(c5ccc(-c6ccccc6)cc5)c5ccc6ccccc6c5)c5ccccc45)cc3)cc21. The van der Waals surface area contributed by atoms with Crippen molar-refractivity contribution >= 4 is 55.7 Å². The summed E-state index contributed by atoms with van der Waals surface area (Å²) >= 11 is 0. The maximum Gasteiger partial charge on any atom is 0.0540 e. The molecule has 0 aliphatic heterocycles. The van der Waals surface area contributed by atoms with Crippen molar-refractivity contribution in [2.75, 3.05) is 9.80 Å². The van der Waals surface area contributed by atoms with Crippen molar-refractivity contribution in [2.45, 2.75) is 19.3 Å². The Labute approximate surface area is 358 Å². The minimum absolute atomic E-state index is 0.0864. The molecule has 0 saturated carbocycles. The maximum atomic E-state index is 2.41. The summed E-state index contributed by atoms with van der Waals surface area (Å²) in [5, 5.41) is 4.84. The highest BCUT2D eigenvalue weighted by atomic mass is 15.1. The van der Waals surface area contributed by atoms with Crippen LogP contribution in [0.1, 0.15) is 25.0 Å². The Morgan fingerprint density at radius 2 is 0.803 bits per heavy atom. The van der Waals surface area contributed by atoms with Crippen molar-refractivity contribution in [1.29, 1.82) is 0 Å². The molecule has 290 valence electrons. The van der Waals surface area contributed by atoms with E-state index in [1.54, 1.807) is 0 Å². The zero-order chi connectivity index (χ0) is 40.9. The van der Waals surface area contributed by atoms with E-state index in [1.165, 1.54) is 66.1 Å². The van der Waals surface area contributed by atoms with Gasteiger partial charge in [-0.3, -0.25) is 0 Å². The van der Waals surface area contributed by atoms with Gasteiger partial charge >= 0.3 is 0 Å². The van der Waals surface area contributed by atoms with Gasteiger partial charge in [0.25, 0.3) is 0 Å². The third-order valence-corrected chi connectivity index (χ3v) is 12.6. The number of anilines is 6. The van der Waals surface area contributed by atoms with E-state index in [-0.39, 0.29) is 5.41 Å². The Bertz CT molecular complexity index is 3200. The number of para-hydroxylation sites is 1. The zero-order valence-electron chi connectivity index (χ0n) is 34.3. The highest BCUT2D eigenvalue weighted by Gasteiger charge is 2.35. The highest BCUT2D eigenvalue weighted by molar-refractivity contribution is 6.07. The largest absolute Gasteiger partial charge is 0.310 e. The fourth-order valence-electron chi connectivity index (χ4n) is 9.55. The molecule has 1 aliphatic carbocycles. The van der Waals surface area contributed by atoms with E-state index in [0.717, 1.165) is 34.1 Å². The average molecular weight is 781 g/mol. The van der Waals surface area contributed by atoms with Gasteiger partial charge in [-0.1, -0.05) is 178 Å². The molecule has 10 aromatic carbocycles. The van der Waals surface area contributed by atoms with Crippen LogP contribution in [0.15, 0.2) is 231 Å². The Morgan fingerprint density at radius 1 is 0.295 bits per heavy atom. The van der Waals surface area contributed by atoms with E-state index in [4.69, 9.17) is 0 Å². The molecule has 0 radical (unpaired) electrons. The number of hydrogen-bond acceptors (Lipinski definition) is 2. The molecule has 0 aromatic heterocycles. The van der Waals surface area contributed by atoms with Crippen molar-refractivity contribution in [3.63, 3.8) is 0 Å². The van der Waals surface area contributed by atoms with Crippen LogP contribution in [-0.4, -0.2) is 0 Å². The molecule has 0 bridgehead atoms. The number of nitrogens with zero attached hydrogens (tertiary/aromatic N) is 2. The zero-order valence-corrected chi connectivity index (χ0v) is 34.3. The van der Waals surface area contributed by atoms with Gasteiger partial charge in [-0.15, -0.1) is 0 Å². The molecule has 1 aliphatic rings. The lowest BCUT2D eigenvalue weighted by Gasteiger charge is -2.29. The molecule has 0 atom stereocenters. The standard InChI is InChI=1S/C59H44N2/c1-59(2)56-24-14-13-22-53(56)54-36-35-50(40-57(54)59)60(46-19-7-4-8-20-46)47-32-28-44(29-33-47)51-37-38-58(55-23-12-11-21-52(51)55)61(49-34-27-42-17-9-10-18-45(42)39-49)48-30-25-43(26-31-48)41-15-5-3-6-16-41/h3-40H,1-2H3. The molecule has 11 rings (SSSR count). The van der Waals surface area contributed by atoms with Crippen LogP contribution in [-0.2, 0) is 5.41 Å². The Balaban J connectivity index is 0.999. The molecule has 0 amide bonds. The number of benzene rings is 10. The maximum absolute atomic E-state index is 2.41. The summed E-state index contributed by atoms with van der Waals surface area (Å²) in [7, 11) is 0. The monoisotopic (exact) mass is 780 g/mol. The highest BCUT2D eigenvalue weighted by Crippen LogP contribution is 2.51. The molecular formula is C59H44N2. The van der Waals surface area contributed by atoms with Gasteiger partial charge in [-0.05, 0) is 127 Å². The average Bonchev–Trinajstić information content (AvgIpc) is 3.55. The van der Waals surface area contributed by atoms with Gasteiger partial charge < -0.3 is 9.80 Å². The van der Waals surface area contributed by atoms with E-state index < -0.39 is 0 Å².